The Morgan fingerprint density at radius 2 is 2.00 bits per heavy atom. The lowest BCUT2D eigenvalue weighted by molar-refractivity contribution is -0.0539. The van der Waals surface area contributed by atoms with Crippen LogP contribution in [0, 0.1) is 0 Å². The lowest BCUT2D eigenvalue weighted by Gasteiger charge is -2.29. The molecule has 1 aliphatic carbocycles. The third-order valence-electron chi connectivity index (χ3n) is 3.25. The fourth-order valence-electron chi connectivity index (χ4n) is 2.30. The van der Waals surface area contributed by atoms with Crippen molar-refractivity contribution in [1.82, 2.24) is 4.98 Å². The Labute approximate surface area is 115 Å². The number of aromatic amines is 1. The largest absolute Gasteiger partial charge is 0.456 e. The van der Waals surface area contributed by atoms with E-state index in [1.54, 1.807) is 7.11 Å². The van der Waals surface area contributed by atoms with Crippen molar-refractivity contribution in [2.75, 3.05) is 7.11 Å². The molecule has 0 saturated heterocycles. The van der Waals surface area contributed by atoms with Crippen molar-refractivity contribution in [2.24, 2.45) is 0 Å². The van der Waals surface area contributed by atoms with Crippen LogP contribution in [0.4, 0.5) is 0 Å². The van der Waals surface area contributed by atoms with Crippen molar-refractivity contribution in [3.63, 3.8) is 0 Å². The summed E-state index contributed by atoms with van der Waals surface area (Å²) in [6.45, 7) is 0. The summed E-state index contributed by atoms with van der Waals surface area (Å²) >= 11 is 5.70. The summed E-state index contributed by atoms with van der Waals surface area (Å²) in [5.74, 6) is -0.540. The van der Waals surface area contributed by atoms with Gasteiger partial charge in [-0.05, 0) is 25.3 Å². The van der Waals surface area contributed by atoms with Gasteiger partial charge in [0.05, 0.1) is 11.7 Å². The van der Waals surface area contributed by atoms with Gasteiger partial charge in [0.25, 0.3) is 0 Å². The van der Waals surface area contributed by atoms with Gasteiger partial charge in [0.2, 0.25) is 5.56 Å². The molecule has 0 aliphatic heterocycles. The molecular formula is C13H16ClNO4. The molecule has 2 rings (SSSR count). The van der Waals surface area contributed by atoms with Gasteiger partial charge in [-0.3, -0.25) is 4.79 Å². The second-order valence-electron chi connectivity index (χ2n) is 4.58. The van der Waals surface area contributed by atoms with Crippen molar-refractivity contribution in [3.8, 4) is 0 Å². The van der Waals surface area contributed by atoms with E-state index < -0.39 is 11.5 Å². The van der Waals surface area contributed by atoms with E-state index in [2.05, 4.69) is 4.98 Å². The average Bonchev–Trinajstić information content (AvgIpc) is 2.38. The Morgan fingerprint density at radius 1 is 1.32 bits per heavy atom. The van der Waals surface area contributed by atoms with E-state index in [1.165, 1.54) is 12.1 Å². The van der Waals surface area contributed by atoms with Gasteiger partial charge in [0.1, 0.15) is 11.3 Å². The minimum absolute atomic E-state index is 0.0739. The van der Waals surface area contributed by atoms with E-state index >= 15 is 0 Å². The number of nitrogens with one attached hydrogen (secondary N) is 1. The molecule has 1 fully saturated rings. The predicted molar refractivity (Wildman–Crippen MR) is 70.5 cm³/mol. The summed E-state index contributed by atoms with van der Waals surface area (Å²) in [6.07, 6.45) is 3.41. The number of carbonyl (C=O) groups is 1. The molecule has 0 radical (unpaired) electrons. The van der Waals surface area contributed by atoms with Crippen LogP contribution in [0.2, 0.25) is 5.15 Å². The number of methoxy groups -OCH3 is 1. The van der Waals surface area contributed by atoms with E-state index in [4.69, 9.17) is 21.1 Å². The first-order chi connectivity index (χ1) is 9.10. The van der Waals surface area contributed by atoms with Crippen LogP contribution < -0.4 is 5.56 Å². The molecule has 1 aliphatic rings. The zero-order valence-corrected chi connectivity index (χ0v) is 11.4. The molecule has 0 spiro atoms. The van der Waals surface area contributed by atoms with Crippen LogP contribution in [0.25, 0.3) is 0 Å². The number of pyridine rings is 1. The molecule has 19 heavy (non-hydrogen) atoms. The summed E-state index contributed by atoms with van der Waals surface area (Å²) in [5.41, 5.74) is -0.263. The fourth-order valence-corrected chi connectivity index (χ4v) is 2.51. The van der Waals surface area contributed by atoms with Gasteiger partial charge < -0.3 is 14.5 Å². The summed E-state index contributed by atoms with van der Waals surface area (Å²) < 4.78 is 10.7. The van der Waals surface area contributed by atoms with Crippen molar-refractivity contribution in [1.29, 1.82) is 0 Å². The smallest absolute Gasteiger partial charge is 0.338 e. The molecule has 1 aromatic rings. The lowest BCUT2D eigenvalue weighted by atomic mass is 9.94. The van der Waals surface area contributed by atoms with E-state index in [1.807, 2.05) is 0 Å². The number of H-pyrrole nitrogens is 1. The number of hydrogen-bond acceptors (Lipinski definition) is 4. The quantitative estimate of drug-likeness (QED) is 0.682. The Morgan fingerprint density at radius 3 is 2.63 bits per heavy atom. The molecule has 6 heteroatoms. The maximum absolute atomic E-state index is 12.0. The minimum Gasteiger partial charge on any atom is -0.456 e. The van der Waals surface area contributed by atoms with Gasteiger partial charge in [0, 0.05) is 13.2 Å². The van der Waals surface area contributed by atoms with Crippen LogP contribution in [-0.4, -0.2) is 30.3 Å². The maximum atomic E-state index is 12.0. The monoisotopic (exact) mass is 285 g/mol. The first kappa shape index (κ1) is 14.1. The molecule has 0 bridgehead atoms. The third-order valence-corrected chi connectivity index (χ3v) is 3.45. The van der Waals surface area contributed by atoms with Crippen LogP contribution in [0.5, 0.6) is 0 Å². The van der Waals surface area contributed by atoms with Crippen LogP contribution >= 0.6 is 11.6 Å². The molecule has 5 nitrogen and oxygen atoms in total. The van der Waals surface area contributed by atoms with E-state index in [9.17, 15) is 9.59 Å². The number of carbonyl (C=O) groups excluding carboxylic acids is 1. The molecule has 104 valence electrons. The Hall–Kier alpha value is -1.33. The number of esters is 1. The van der Waals surface area contributed by atoms with Crippen molar-refractivity contribution >= 4 is 17.6 Å². The number of aromatic nitrogens is 1. The first-order valence-corrected chi connectivity index (χ1v) is 6.61. The van der Waals surface area contributed by atoms with Gasteiger partial charge in [0.15, 0.2) is 0 Å². The van der Waals surface area contributed by atoms with Crippen LogP contribution in [-0.2, 0) is 9.47 Å². The fraction of sp³-hybridized carbons (Fsp3) is 0.538. The highest BCUT2D eigenvalue weighted by Gasteiger charge is 2.28. The second-order valence-corrected chi connectivity index (χ2v) is 4.99. The number of ether oxygens (including phenoxy) is 2. The summed E-state index contributed by atoms with van der Waals surface area (Å²) in [6, 6.07) is 2.56. The third kappa shape index (κ3) is 3.58. The zero-order valence-electron chi connectivity index (χ0n) is 10.6. The van der Waals surface area contributed by atoms with Gasteiger partial charge in [-0.15, -0.1) is 0 Å². The zero-order chi connectivity index (χ0) is 13.8. The van der Waals surface area contributed by atoms with Crippen LogP contribution in [0.15, 0.2) is 16.9 Å². The van der Waals surface area contributed by atoms with Crippen molar-refractivity contribution < 1.29 is 14.3 Å². The first-order valence-electron chi connectivity index (χ1n) is 6.24. The Kier molecular flexibility index (Phi) is 4.61. The minimum atomic E-state index is -0.540. The van der Waals surface area contributed by atoms with Crippen molar-refractivity contribution in [3.05, 3.63) is 33.2 Å². The van der Waals surface area contributed by atoms with Gasteiger partial charge in [-0.2, -0.15) is 0 Å². The molecule has 0 aromatic carbocycles. The highest BCUT2D eigenvalue weighted by atomic mass is 35.5. The number of hydrogen-bond donors (Lipinski definition) is 1. The van der Waals surface area contributed by atoms with E-state index in [-0.39, 0.29) is 22.9 Å². The Bertz CT molecular complexity index is 514. The molecule has 1 N–H and O–H groups in total. The molecule has 0 unspecified atom stereocenters. The van der Waals surface area contributed by atoms with Crippen molar-refractivity contribution in [2.45, 2.75) is 37.9 Å². The topological polar surface area (TPSA) is 68.4 Å². The average molecular weight is 286 g/mol. The SMILES string of the molecule is CO[C@H]1CCCC[C@H]1OC(=O)c1cc(Cl)[nH]c(=O)c1. The number of halogens is 1. The maximum Gasteiger partial charge on any atom is 0.338 e. The van der Waals surface area contributed by atoms with E-state index in [0.717, 1.165) is 25.7 Å². The molecule has 2 atom stereocenters. The van der Waals surface area contributed by atoms with Gasteiger partial charge in [-0.1, -0.05) is 18.0 Å². The summed E-state index contributed by atoms with van der Waals surface area (Å²) in [5, 5.41) is 0.117. The summed E-state index contributed by atoms with van der Waals surface area (Å²) in [4.78, 5) is 25.6. The highest BCUT2D eigenvalue weighted by Crippen LogP contribution is 2.24. The molecule has 1 saturated carbocycles. The van der Waals surface area contributed by atoms with Gasteiger partial charge >= 0.3 is 5.97 Å². The van der Waals surface area contributed by atoms with Crippen LogP contribution in [0.3, 0.4) is 0 Å². The standard InChI is InChI=1S/C13H16ClNO4/c1-18-9-4-2-3-5-10(9)19-13(17)8-6-11(14)15-12(16)7-8/h6-7,9-10H,2-5H2,1H3,(H,15,16)/t9-,10+/m0/s1. The Balaban J connectivity index is 2.09. The normalized spacial score (nSPS) is 23.1. The van der Waals surface area contributed by atoms with E-state index in [0.29, 0.717) is 0 Å². The molecule has 0 amide bonds. The highest BCUT2D eigenvalue weighted by molar-refractivity contribution is 6.29. The molecule has 1 heterocycles. The number of rotatable bonds is 3. The van der Waals surface area contributed by atoms with Gasteiger partial charge in [-0.25, -0.2) is 4.79 Å². The molecule has 1 aromatic heterocycles. The predicted octanol–water partition coefficient (Wildman–Crippen LogP) is 2.14. The summed E-state index contributed by atoms with van der Waals surface area (Å²) in [7, 11) is 1.61. The molecular weight excluding hydrogens is 270 g/mol. The second kappa shape index (κ2) is 6.21. The van der Waals surface area contributed by atoms with Crippen LogP contribution in [0.1, 0.15) is 36.0 Å². The lowest BCUT2D eigenvalue weighted by Crippen LogP contribution is -2.35.